The van der Waals surface area contributed by atoms with Gasteiger partial charge in [-0.05, 0) is 42.5 Å². The molecule has 3 aromatic rings. The summed E-state index contributed by atoms with van der Waals surface area (Å²) in [4.78, 5) is 42.6. The standard InChI is InChI=1S/C24H27N5O3/c1-3-27(2)23(31)21-19-11-14-28(22(30)20-9-12-25-26-20)15-18(19)16-29(24(21)32)13-10-17-7-5-4-6-8-17/h4-9,12,16H,3,10-11,13-15H2,1-2H3,(H,25,26). The second kappa shape index (κ2) is 9.21. The van der Waals surface area contributed by atoms with Gasteiger partial charge in [-0.2, -0.15) is 5.10 Å². The molecule has 0 aliphatic carbocycles. The third-order valence-corrected chi connectivity index (χ3v) is 6.01. The number of nitrogens with zero attached hydrogens (tertiary/aromatic N) is 4. The highest BCUT2D eigenvalue weighted by molar-refractivity contribution is 5.96. The molecule has 2 aromatic heterocycles. The molecule has 4 rings (SSSR count). The molecule has 0 atom stereocenters. The molecule has 0 radical (unpaired) electrons. The maximum Gasteiger partial charge on any atom is 0.272 e. The summed E-state index contributed by atoms with van der Waals surface area (Å²) in [6, 6.07) is 11.6. The third-order valence-electron chi connectivity index (χ3n) is 6.01. The number of hydrogen-bond donors (Lipinski definition) is 1. The molecule has 0 saturated carbocycles. The Kier molecular flexibility index (Phi) is 6.20. The van der Waals surface area contributed by atoms with Crippen molar-refractivity contribution in [2.45, 2.75) is 32.9 Å². The minimum absolute atomic E-state index is 0.145. The number of hydrogen-bond acceptors (Lipinski definition) is 4. The van der Waals surface area contributed by atoms with Gasteiger partial charge in [0.1, 0.15) is 11.3 Å². The molecule has 1 aromatic carbocycles. The van der Waals surface area contributed by atoms with E-state index in [4.69, 9.17) is 0 Å². The molecule has 8 nitrogen and oxygen atoms in total. The third kappa shape index (κ3) is 4.21. The van der Waals surface area contributed by atoms with Crippen LogP contribution in [-0.2, 0) is 25.9 Å². The second-order valence-corrected chi connectivity index (χ2v) is 8.01. The number of nitrogens with one attached hydrogen (secondary N) is 1. The van der Waals surface area contributed by atoms with Crippen LogP contribution in [0.5, 0.6) is 0 Å². The van der Waals surface area contributed by atoms with Crippen LogP contribution >= 0.6 is 0 Å². The van der Waals surface area contributed by atoms with Gasteiger partial charge in [0.15, 0.2) is 0 Å². The summed E-state index contributed by atoms with van der Waals surface area (Å²) in [6.07, 6.45) is 4.50. The number of benzene rings is 1. The number of carbonyl (C=O) groups is 2. The van der Waals surface area contributed by atoms with Crippen LogP contribution in [0.25, 0.3) is 0 Å². The Balaban J connectivity index is 1.70. The van der Waals surface area contributed by atoms with Gasteiger partial charge in [0.05, 0.1) is 0 Å². The van der Waals surface area contributed by atoms with Crippen molar-refractivity contribution in [3.63, 3.8) is 0 Å². The van der Waals surface area contributed by atoms with Crippen LogP contribution in [0.2, 0.25) is 0 Å². The minimum atomic E-state index is -0.267. The molecule has 1 N–H and O–H groups in total. The molecule has 0 spiro atoms. The minimum Gasteiger partial charge on any atom is -0.342 e. The van der Waals surface area contributed by atoms with Crippen LogP contribution in [-0.4, -0.2) is 56.5 Å². The number of amides is 2. The van der Waals surface area contributed by atoms with Gasteiger partial charge in [0.2, 0.25) is 0 Å². The predicted octanol–water partition coefficient (Wildman–Crippen LogP) is 2.10. The molecule has 0 saturated heterocycles. The van der Waals surface area contributed by atoms with Gasteiger partial charge in [0.25, 0.3) is 17.4 Å². The lowest BCUT2D eigenvalue weighted by atomic mass is 9.95. The van der Waals surface area contributed by atoms with Crippen molar-refractivity contribution in [2.24, 2.45) is 0 Å². The summed E-state index contributed by atoms with van der Waals surface area (Å²) in [6.45, 7) is 3.63. The highest BCUT2D eigenvalue weighted by Gasteiger charge is 2.29. The second-order valence-electron chi connectivity index (χ2n) is 8.01. The molecule has 32 heavy (non-hydrogen) atoms. The summed E-state index contributed by atoms with van der Waals surface area (Å²) >= 11 is 0. The Bertz CT molecular complexity index is 1170. The topological polar surface area (TPSA) is 91.3 Å². The molecule has 1 aliphatic rings. The number of rotatable bonds is 6. The van der Waals surface area contributed by atoms with E-state index in [-0.39, 0.29) is 22.9 Å². The van der Waals surface area contributed by atoms with Crippen LogP contribution in [0.1, 0.15) is 44.5 Å². The first kappa shape index (κ1) is 21.5. The molecule has 0 bridgehead atoms. The van der Waals surface area contributed by atoms with Gasteiger partial charge in [-0.15, -0.1) is 0 Å². The largest absolute Gasteiger partial charge is 0.342 e. The fourth-order valence-corrected chi connectivity index (χ4v) is 4.05. The van der Waals surface area contributed by atoms with Gasteiger partial charge >= 0.3 is 0 Å². The van der Waals surface area contributed by atoms with Crippen LogP contribution in [0.3, 0.4) is 0 Å². The highest BCUT2D eigenvalue weighted by Crippen LogP contribution is 2.23. The van der Waals surface area contributed by atoms with Gasteiger partial charge < -0.3 is 14.4 Å². The van der Waals surface area contributed by atoms with Gasteiger partial charge in [0, 0.05) is 45.6 Å². The van der Waals surface area contributed by atoms with Gasteiger partial charge in [-0.3, -0.25) is 19.5 Å². The summed E-state index contributed by atoms with van der Waals surface area (Å²) in [5.74, 6) is -0.412. The molecule has 0 fully saturated rings. The van der Waals surface area contributed by atoms with Crippen molar-refractivity contribution in [1.82, 2.24) is 24.6 Å². The van der Waals surface area contributed by atoms with Crippen molar-refractivity contribution in [3.8, 4) is 0 Å². The summed E-state index contributed by atoms with van der Waals surface area (Å²) in [5, 5.41) is 6.57. The first-order chi connectivity index (χ1) is 15.5. The van der Waals surface area contributed by atoms with E-state index >= 15 is 0 Å². The quantitative estimate of drug-likeness (QED) is 0.645. The zero-order valence-corrected chi connectivity index (χ0v) is 18.4. The highest BCUT2D eigenvalue weighted by atomic mass is 16.2. The Morgan fingerprint density at radius 1 is 1.19 bits per heavy atom. The van der Waals surface area contributed by atoms with Crippen molar-refractivity contribution in [2.75, 3.05) is 20.1 Å². The van der Waals surface area contributed by atoms with Crippen molar-refractivity contribution in [1.29, 1.82) is 0 Å². The van der Waals surface area contributed by atoms with Crippen LogP contribution < -0.4 is 5.56 Å². The maximum atomic E-state index is 13.3. The molecule has 8 heteroatoms. The lowest BCUT2D eigenvalue weighted by Gasteiger charge is -2.30. The Labute approximate surface area is 186 Å². The van der Waals surface area contributed by atoms with E-state index in [9.17, 15) is 14.4 Å². The average molecular weight is 434 g/mol. The number of carbonyl (C=O) groups excluding carboxylic acids is 2. The predicted molar refractivity (Wildman–Crippen MR) is 121 cm³/mol. The summed E-state index contributed by atoms with van der Waals surface area (Å²) < 4.78 is 1.62. The molecular formula is C24H27N5O3. The lowest BCUT2D eigenvalue weighted by molar-refractivity contribution is 0.0727. The monoisotopic (exact) mass is 433 g/mol. The molecule has 166 valence electrons. The number of pyridine rings is 1. The molecular weight excluding hydrogens is 406 g/mol. The fraction of sp³-hybridized carbons (Fsp3) is 0.333. The van der Waals surface area contributed by atoms with Gasteiger partial charge in [-0.25, -0.2) is 0 Å². The summed E-state index contributed by atoms with van der Waals surface area (Å²) in [7, 11) is 1.70. The van der Waals surface area contributed by atoms with Crippen molar-refractivity contribution < 1.29 is 9.59 Å². The SMILES string of the molecule is CCN(C)C(=O)c1c2c(cn(CCc3ccccc3)c1=O)CN(C(=O)c1ccn[nH]1)CC2. The van der Waals surface area contributed by atoms with Crippen LogP contribution in [0.4, 0.5) is 0 Å². The lowest BCUT2D eigenvalue weighted by Crippen LogP contribution is -2.42. The van der Waals surface area contributed by atoms with Gasteiger partial charge in [-0.1, -0.05) is 30.3 Å². The Hall–Kier alpha value is -3.68. The first-order valence-electron chi connectivity index (χ1n) is 10.8. The molecule has 0 unspecified atom stereocenters. The normalized spacial score (nSPS) is 13.0. The Morgan fingerprint density at radius 3 is 2.66 bits per heavy atom. The first-order valence-corrected chi connectivity index (χ1v) is 10.8. The molecule has 2 amide bonds. The smallest absolute Gasteiger partial charge is 0.272 e. The van der Waals surface area contributed by atoms with Crippen molar-refractivity contribution >= 4 is 11.8 Å². The van der Waals surface area contributed by atoms with E-state index < -0.39 is 0 Å². The van der Waals surface area contributed by atoms with E-state index in [1.807, 2.05) is 43.5 Å². The zero-order valence-electron chi connectivity index (χ0n) is 18.4. The molecule has 3 heterocycles. The number of aromatic nitrogens is 3. The van der Waals surface area contributed by atoms with Crippen molar-refractivity contribution in [3.05, 3.63) is 87.1 Å². The zero-order chi connectivity index (χ0) is 22.7. The van der Waals surface area contributed by atoms with Crippen LogP contribution in [0, 0.1) is 0 Å². The van der Waals surface area contributed by atoms with E-state index in [1.54, 1.807) is 33.7 Å². The number of fused-ring (bicyclic) bond motifs is 1. The number of aryl methyl sites for hydroxylation is 2. The molecule has 1 aliphatic heterocycles. The van der Waals surface area contributed by atoms with E-state index in [2.05, 4.69) is 10.2 Å². The fourth-order valence-electron chi connectivity index (χ4n) is 4.05. The number of aromatic amines is 1. The van der Waals surface area contributed by atoms with E-state index in [0.717, 1.165) is 16.7 Å². The maximum absolute atomic E-state index is 13.3. The number of H-pyrrole nitrogens is 1. The summed E-state index contributed by atoms with van der Waals surface area (Å²) in [5.41, 5.74) is 3.10. The van der Waals surface area contributed by atoms with Crippen LogP contribution in [0.15, 0.2) is 53.6 Å². The average Bonchev–Trinajstić information content (AvgIpc) is 3.37. The van der Waals surface area contributed by atoms with E-state index in [0.29, 0.717) is 44.7 Å². The Morgan fingerprint density at radius 2 is 1.97 bits per heavy atom. The van der Waals surface area contributed by atoms with E-state index in [1.165, 1.54) is 0 Å².